The molecular weight excluding hydrogens is 196 g/mol. The van der Waals surface area contributed by atoms with Crippen molar-refractivity contribution in [3.05, 3.63) is 34.4 Å². The molecule has 0 aromatic heterocycles. The summed E-state index contributed by atoms with van der Waals surface area (Å²) in [6, 6.07) is 2.83. The average Bonchev–Trinajstić information content (AvgIpc) is 2.62. The molecular formula is C11H10O4. The maximum Gasteiger partial charge on any atom is 0.335 e. The number of rotatable bonds is 2. The van der Waals surface area contributed by atoms with Gasteiger partial charge in [0, 0.05) is 0 Å². The Bertz CT molecular complexity index is 448. The average molecular weight is 206 g/mol. The minimum absolute atomic E-state index is 0.0630. The molecule has 0 heterocycles. The molecule has 1 aromatic carbocycles. The normalized spacial score (nSPS) is 13.6. The standard InChI is InChI=1S/C11H10O4/c12-10(13)7-4-6-2-1-3-8(6)9(5-7)11(14)15/h4-5H,1-3H2,(H,12,13)(H,14,15). The number of hydrogen-bond donors (Lipinski definition) is 2. The van der Waals surface area contributed by atoms with E-state index < -0.39 is 11.9 Å². The van der Waals surface area contributed by atoms with Crippen LogP contribution in [0.5, 0.6) is 0 Å². The van der Waals surface area contributed by atoms with Crippen LogP contribution in [0, 0.1) is 0 Å². The van der Waals surface area contributed by atoms with E-state index in [1.54, 1.807) is 6.07 Å². The molecule has 0 amide bonds. The maximum absolute atomic E-state index is 10.9. The van der Waals surface area contributed by atoms with Crippen LogP contribution in [0.4, 0.5) is 0 Å². The van der Waals surface area contributed by atoms with E-state index >= 15 is 0 Å². The van der Waals surface area contributed by atoms with Crippen LogP contribution in [0.1, 0.15) is 38.3 Å². The van der Waals surface area contributed by atoms with Crippen LogP contribution >= 0.6 is 0 Å². The molecule has 15 heavy (non-hydrogen) atoms. The van der Waals surface area contributed by atoms with Crippen LogP contribution in [-0.4, -0.2) is 22.2 Å². The fourth-order valence-corrected chi connectivity index (χ4v) is 2.02. The summed E-state index contributed by atoms with van der Waals surface area (Å²) in [5.41, 5.74) is 1.87. The van der Waals surface area contributed by atoms with Gasteiger partial charge in [-0.2, -0.15) is 0 Å². The lowest BCUT2D eigenvalue weighted by Crippen LogP contribution is -2.06. The SMILES string of the molecule is O=C(O)c1cc2c(c(C(=O)O)c1)CCC2. The van der Waals surface area contributed by atoms with Crippen LogP contribution in [0.2, 0.25) is 0 Å². The first-order valence-electron chi connectivity index (χ1n) is 4.72. The van der Waals surface area contributed by atoms with Crippen molar-refractivity contribution in [1.82, 2.24) is 0 Å². The Balaban J connectivity index is 2.62. The van der Waals surface area contributed by atoms with Gasteiger partial charge in [-0.3, -0.25) is 0 Å². The molecule has 0 saturated carbocycles. The van der Waals surface area contributed by atoms with E-state index in [2.05, 4.69) is 0 Å². The van der Waals surface area contributed by atoms with Crippen molar-refractivity contribution in [2.24, 2.45) is 0 Å². The van der Waals surface area contributed by atoms with E-state index in [4.69, 9.17) is 10.2 Å². The van der Waals surface area contributed by atoms with E-state index in [9.17, 15) is 9.59 Å². The molecule has 0 atom stereocenters. The molecule has 0 radical (unpaired) electrons. The number of aryl methyl sites for hydroxylation is 1. The van der Waals surface area contributed by atoms with Gasteiger partial charge in [0.1, 0.15) is 0 Å². The molecule has 0 unspecified atom stereocenters. The first-order chi connectivity index (χ1) is 7.09. The quantitative estimate of drug-likeness (QED) is 0.770. The van der Waals surface area contributed by atoms with Gasteiger partial charge < -0.3 is 10.2 Å². The highest BCUT2D eigenvalue weighted by molar-refractivity contribution is 5.95. The molecule has 0 fully saturated rings. The predicted octanol–water partition coefficient (Wildman–Crippen LogP) is 1.57. The summed E-state index contributed by atoms with van der Waals surface area (Å²) in [6.45, 7) is 0. The highest BCUT2D eigenvalue weighted by atomic mass is 16.4. The highest BCUT2D eigenvalue weighted by Crippen LogP contribution is 2.27. The van der Waals surface area contributed by atoms with E-state index in [1.165, 1.54) is 6.07 Å². The smallest absolute Gasteiger partial charge is 0.335 e. The zero-order valence-corrected chi connectivity index (χ0v) is 7.99. The molecule has 0 spiro atoms. The van der Waals surface area contributed by atoms with Crippen molar-refractivity contribution in [2.45, 2.75) is 19.3 Å². The Morgan fingerprint density at radius 1 is 1.07 bits per heavy atom. The summed E-state index contributed by atoms with van der Waals surface area (Å²) in [6.07, 6.45) is 2.41. The molecule has 2 N–H and O–H groups in total. The minimum atomic E-state index is -1.08. The number of carboxylic acid groups (broad SMARTS) is 2. The molecule has 0 aliphatic heterocycles. The second-order valence-electron chi connectivity index (χ2n) is 3.63. The van der Waals surface area contributed by atoms with Crippen molar-refractivity contribution in [1.29, 1.82) is 0 Å². The van der Waals surface area contributed by atoms with Crippen LogP contribution in [-0.2, 0) is 12.8 Å². The Hall–Kier alpha value is -1.84. The third-order valence-electron chi connectivity index (χ3n) is 2.69. The van der Waals surface area contributed by atoms with Gasteiger partial charge in [0.2, 0.25) is 0 Å². The van der Waals surface area contributed by atoms with Gasteiger partial charge in [0.15, 0.2) is 0 Å². The number of benzene rings is 1. The molecule has 0 saturated heterocycles. The number of aromatic carboxylic acids is 2. The molecule has 1 aliphatic carbocycles. The summed E-state index contributed by atoms with van der Waals surface area (Å²) in [7, 11) is 0. The van der Waals surface area contributed by atoms with Crippen LogP contribution < -0.4 is 0 Å². The van der Waals surface area contributed by atoms with E-state index in [-0.39, 0.29) is 11.1 Å². The van der Waals surface area contributed by atoms with Gasteiger partial charge >= 0.3 is 11.9 Å². The summed E-state index contributed by atoms with van der Waals surface area (Å²) < 4.78 is 0. The van der Waals surface area contributed by atoms with Crippen molar-refractivity contribution < 1.29 is 19.8 Å². The number of fused-ring (bicyclic) bond motifs is 1. The zero-order valence-electron chi connectivity index (χ0n) is 7.99. The van der Waals surface area contributed by atoms with E-state index in [0.29, 0.717) is 0 Å². The van der Waals surface area contributed by atoms with Gasteiger partial charge in [-0.15, -0.1) is 0 Å². The molecule has 2 rings (SSSR count). The molecule has 4 nitrogen and oxygen atoms in total. The molecule has 4 heteroatoms. The predicted molar refractivity (Wildman–Crippen MR) is 52.4 cm³/mol. The van der Waals surface area contributed by atoms with Crippen LogP contribution in [0.3, 0.4) is 0 Å². The lowest BCUT2D eigenvalue weighted by Gasteiger charge is -2.05. The number of carbonyl (C=O) groups is 2. The maximum atomic E-state index is 10.9. The second-order valence-corrected chi connectivity index (χ2v) is 3.63. The third-order valence-corrected chi connectivity index (χ3v) is 2.69. The monoisotopic (exact) mass is 206 g/mol. The Labute approximate surface area is 86.2 Å². The van der Waals surface area contributed by atoms with Gasteiger partial charge in [0.25, 0.3) is 0 Å². The summed E-state index contributed by atoms with van der Waals surface area (Å²) >= 11 is 0. The molecule has 0 bridgehead atoms. The van der Waals surface area contributed by atoms with Gasteiger partial charge in [0.05, 0.1) is 11.1 Å². The molecule has 78 valence electrons. The first kappa shape index (κ1) is 9.71. The van der Waals surface area contributed by atoms with E-state index in [1.807, 2.05) is 0 Å². The van der Waals surface area contributed by atoms with Crippen molar-refractivity contribution in [2.75, 3.05) is 0 Å². The molecule has 1 aromatic rings. The Morgan fingerprint density at radius 2 is 1.80 bits per heavy atom. The number of hydrogen-bond acceptors (Lipinski definition) is 2. The second kappa shape index (κ2) is 3.38. The van der Waals surface area contributed by atoms with Crippen LogP contribution in [0.25, 0.3) is 0 Å². The highest BCUT2D eigenvalue weighted by Gasteiger charge is 2.21. The lowest BCUT2D eigenvalue weighted by atomic mass is 10.00. The molecule has 1 aliphatic rings. The van der Waals surface area contributed by atoms with Crippen molar-refractivity contribution >= 4 is 11.9 Å². The van der Waals surface area contributed by atoms with Crippen molar-refractivity contribution in [3.63, 3.8) is 0 Å². The summed E-state index contributed by atoms with van der Waals surface area (Å²) in [5, 5.41) is 17.8. The van der Waals surface area contributed by atoms with Gasteiger partial charge in [-0.1, -0.05) is 0 Å². The first-order valence-corrected chi connectivity index (χ1v) is 4.72. The summed E-state index contributed by atoms with van der Waals surface area (Å²) in [5.74, 6) is -2.12. The third kappa shape index (κ3) is 1.58. The minimum Gasteiger partial charge on any atom is -0.478 e. The Morgan fingerprint density at radius 3 is 2.40 bits per heavy atom. The topological polar surface area (TPSA) is 74.6 Å². The fourth-order valence-electron chi connectivity index (χ4n) is 2.02. The largest absolute Gasteiger partial charge is 0.478 e. The fraction of sp³-hybridized carbons (Fsp3) is 0.273. The van der Waals surface area contributed by atoms with Gasteiger partial charge in [-0.05, 0) is 42.5 Å². The van der Waals surface area contributed by atoms with Crippen molar-refractivity contribution in [3.8, 4) is 0 Å². The summed E-state index contributed by atoms with van der Waals surface area (Å²) in [4.78, 5) is 21.7. The van der Waals surface area contributed by atoms with Gasteiger partial charge in [-0.25, -0.2) is 9.59 Å². The zero-order chi connectivity index (χ0) is 11.0. The lowest BCUT2D eigenvalue weighted by molar-refractivity contribution is 0.0695. The van der Waals surface area contributed by atoms with Crippen LogP contribution in [0.15, 0.2) is 12.1 Å². The van der Waals surface area contributed by atoms with E-state index in [0.717, 1.165) is 30.4 Å². The number of carboxylic acids is 2. The Kier molecular flexibility index (Phi) is 2.19.